The molecule has 0 radical (unpaired) electrons. The molecule has 0 saturated heterocycles. The van der Waals surface area contributed by atoms with E-state index in [4.69, 9.17) is 4.42 Å². The number of hydrogen-bond donors (Lipinski definition) is 1. The van der Waals surface area contributed by atoms with Crippen LogP contribution in [0.15, 0.2) is 16.5 Å². The lowest BCUT2D eigenvalue weighted by atomic mass is 9.85. The Morgan fingerprint density at radius 2 is 1.84 bits per heavy atom. The summed E-state index contributed by atoms with van der Waals surface area (Å²) in [7, 11) is 0. The molecule has 1 fully saturated rings. The van der Waals surface area contributed by atoms with Crippen molar-refractivity contribution in [1.29, 1.82) is 0 Å². The monoisotopic (exact) mass is 263 g/mol. The van der Waals surface area contributed by atoms with Crippen molar-refractivity contribution in [3.05, 3.63) is 23.7 Å². The first-order valence-corrected chi connectivity index (χ1v) is 8.11. The zero-order valence-corrected chi connectivity index (χ0v) is 12.6. The summed E-state index contributed by atoms with van der Waals surface area (Å²) >= 11 is 0. The molecule has 1 aliphatic rings. The molecule has 2 nitrogen and oxygen atoms in total. The molecule has 1 N–H and O–H groups in total. The average molecular weight is 263 g/mol. The second kappa shape index (κ2) is 7.74. The van der Waals surface area contributed by atoms with Crippen LogP contribution < -0.4 is 5.32 Å². The zero-order valence-electron chi connectivity index (χ0n) is 12.6. The van der Waals surface area contributed by atoms with E-state index in [9.17, 15) is 0 Å². The Bertz CT molecular complexity index is 350. The van der Waals surface area contributed by atoms with E-state index in [1.165, 1.54) is 51.4 Å². The zero-order chi connectivity index (χ0) is 13.5. The second-order valence-corrected chi connectivity index (χ2v) is 5.99. The summed E-state index contributed by atoms with van der Waals surface area (Å²) < 4.78 is 5.91. The van der Waals surface area contributed by atoms with Gasteiger partial charge < -0.3 is 9.73 Å². The first-order chi connectivity index (χ1) is 9.31. The molecule has 1 unspecified atom stereocenters. The van der Waals surface area contributed by atoms with Crippen molar-refractivity contribution >= 4 is 0 Å². The Morgan fingerprint density at radius 3 is 2.42 bits per heavy atom. The van der Waals surface area contributed by atoms with Crippen LogP contribution in [0.2, 0.25) is 0 Å². The van der Waals surface area contributed by atoms with Crippen molar-refractivity contribution in [2.24, 2.45) is 5.92 Å². The number of furan rings is 1. The minimum atomic E-state index is 0.423. The van der Waals surface area contributed by atoms with E-state index in [0.717, 1.165) is 24.0 Å². The lowest BCUT2D eigenvalue weighted by Gasteiger charge is -2.28. The molecule has 0 aliphatic heterocycles. The predicted octanol–water partition coefficient (Wildman–Crippen LogP) is 4.99. The first-order valence-electron chi connectivity index (χ1n) is 8.11. The summed E-state index contributed by atoms with van der Waals surface area (Å²) in [5.74, 6) is 2.93. The molecule has 108 valence electrons. The highest BCUT2D eigenvalue weighted by Crippen LogP contribution is 2.33. The van der Waals surface area contributed by atoms with Gasteiger partial charge in [0.25, 0.3) is 0 Å². The standard InChI is InChI=1S/C17H29NO/c1-3-13-18-17(16-12-11-14(2)19-16)15-9-7-5-4-6-8-10-15/h11-12,15,17-18H,3-10,13H2,1-2H3. The largest absolute Gasteiger partial charge is 0.465 e. The van der Waals surface area contributed by atoms with Crippen LogP contribution in [-0.4, -0.2) is 6.54 Å². The fourth-order valence-corrected chi connectivity index (χ4v) is 3.24. The van der Waals surface area contributed by atoms with Gasteiger partial charge in [-0.15, -0.1) is 0 Å². The van der Waals surface area contributed by atoms with Gasteiger partial charge in [0.2, 0.25) is 0 Å². The molecule has 1 saturated carbocycles. The van der Waals surface area contributed by atoms with Crippen LogP contribution in [0.1, 0.15) is 75.9 Å². The predicted molar refractivity (Wildman–Crippen MR) is 80.3 cm³/mol. The minimum Gasteiger partial charge on any atom is -0.465 e. The number of rotatable bonds is 5. The minimum absolute atomic E-state index is 0.423. The molecule has 0 aromatic carbocycles. The molecule has 1 aromatic rings. The van der Waals surface area contributed by atoms with E-state index < -0.39 is 0 Å². The highest BCUT2D eigenvalue weighted by atomic mass is 16.3. The number of aryl methyl sites for hydroxylation is 1. The fourth-order valence-electron chi connectivity index (χ4n) is 3.24. The molecule has 2 heteroatoms. The van der Waals surface area contributed by atoms with E-state index in [2.05, 4.69) is 24.4 Å². The summed E-state index contributed by atoms with van der Waals surface area (Å²) in [5, 5.41) is 3.72. The van der Waals surface area contributed by atoms with Crippen LogP contribution in [0.25, 0.3) is 0 Å². The molecule has 19 heavy (non-hydrogen) atoms. The fraction of sp³-hybridized carbons (Fsp3) is 0.765. The number of nitrogens with one attached hydrogen (secondary N) is 1. The van der Waals surface area contributed by atoms with Crippen molar-refractivity contribution < 1.29 is 4.42 Å². The normalized spacial score (nSPS) is 19.9. The molecule has 0 amide bonds. The third-order valence-electron chi connectivity index (χ3n) is 4.30. The second-order valence-electron chi connectivity index (χ2n) is 5.99. The average Bonchev–Trinajstić information content (AvgIpc) is 2.78. The lowest BCUT2D eigenvalue weighted by Crippen LogP contribution is -2.29. The molecule has 1 heterocycles. The van der Waals surface area contributed by atoms with Crippen molar-refractivity contribution in [2.75, 3.05) is 6.54 Å². The van der Waals surface area contributed by atoms with Crippen LogP contribution in [0.4, 0.5) is 0 Å². The van der Waals surface area contributed by atoms with Crippen molar-refractivity contribution in [3.8, 4) is 0 Å². The van der Waals surface area contributed by atoms with Crippen molar-refractivity contribution in [1.82, 2.24) is 5.32 Å². The van der Waals surface area contributed by atoms with E-state index >= 15 is 0 Å². The SMILES string of the molecule is CCCNC(c1ccc(C)o1)C1CCCCCCC1. The van der Waals surface area contributed by atoms with E-state index in [-0.39, 0.29) is 0 Å². The van der Waals surface area contributed by atoms with Crippen LogP contribution in [-0.2, 0) is 0 Å². The van der Waals surface area contributed by atoms with Crippen LogP contribution in [0, 0.1) is 12.8 Å². The lowest BCUT2D eigenvalue weighted by molar-refractivity contribution is 0.256. The van der Waals surface area contributed by atoms with Crippen LogP contribution in [0.5, 0.6) is 0 Å². The third-order valence-corrected chi connectivity index (χ3v) is 4.30. The number of hydrogen-bond acceptors (Lipinski definition) is 2. The Balaban J connectivity index is 2.06. The van der Waals surface area contributed by atoms with Gasteiger partial charge in [0, 0.05) is 0 Å². The Labute approximate surface area is 118 Å². The van der Waals surface area contributed by atoms with Gasteiger partial charge in [0.15, 0.2) is 0 Å². The summed E-state index contributed by atoms with van der Waals surface area (Å²) in [4.78, 5) is 0. The van der Waals surface area contributed by atoms with Gasteiger partial charge in [-0.1, -0.05) is 39.0 Å². The molecule has 1 atom stereocenters. The Kier molecular flexibility index (Phi) is 5.96. The highest BCUT2D eigenvalue weighted by Gasteiger charge is 2.25. The van der Waals surface area contributed by atoms with Gasteiger partial charge in [-0.25, -0.2) is 0 Å². The maximum absolute atomic E-state index is 5.91. The Hall–Kier alpha value is -0.760. The molecule has 1 aliphatic carbocycles. The quantitative estimate of drug-likeness (QED) is 0.809. The van der Waals surface area contributed by atoms with E-state index in [0.29, 0.717) is 6.04 Å². The molecule has 2 rings (SSSR count). The van der Waals surface area contributed by atoms with E-state index in [1.54, 1.807) is 0 Å². The highest BCUT2D eigenvalue weighted by molar-refractivity contribution is 5.11. The van der Waals surface area contributed by atoms with Gasteiger partial charge in [-0.05, 0) is 50.8 Å². The Morgan fingerprint density at radius 1 is 1.16 bits per heavy atom. The summed E-state index contributed by atoms with van der Waals surface area (Å²) in [6, 6.07) is 4.69. The topological polar surface area (TPSA) is 25.2 Å². The third kappa shape index (κ3) is 4.38. The molecule has 0 spiro atoms. The van der Waals surface area contributed by atoms with E-state index in [1.807, 2.05) is 6.92 Å². The van der Waals surface area contributed by atoms with Crippen molar-refractivity contribution in [2.45, 2.75) is 71.3 Å². The maximum Gasteiger partial charge on any atom is 0.121 e. The summed E-state index contributed by atoms with van der Waals surface area (Å²) in [5.41, 5.74) is 0. The smallest absolute Gasteiger partial charge is 0.121 e. The molecular formula is C17H29NO. The first kappa shape index (κ1) is 14.6. The van der Waals surface area contributed by atoms with Gasteiger partial charge in [0.05, 0.1) is 6.04 Å². The summed E-state index contributed by atoms with van der Waals surface area (Å²) in [6.45, 7) is 5.36. The molecule has 1 aromatic heterocycles. The molecule has 0 bridgehead atoms. The van der Waals surface area contributed by atoms with Gasteiger partial charge in [-0.2, -0.15) is 0 Å². The van der Waals surface area contributed by atoms with Gasteiger partial charge in [-0.3, -0.25) is 0 Å². The van der Waals surface area contributed by atoms with Crippen LogP contribution in [0.3, 0.4) is 0 Å². The summed E-state index contributed by atoms with van der Waals surface area (Å²) in [6.07, 6.45) is 10.9. The van der Waals surface area contributed by atoms with Crippen molar-refractivity contribution in [3.63, 3.8) is 0 Å². The van der Waals surface area contributed by atoms with Crippen LogP contribution >= 0.6 is 0 Å². The molecular weight excluding hydrogens is 234 g/mol. The van der Waals surface area contributed by atoms with Gasteiger partial charge >= 0.3 is 0 Å². The van der Waals surface area contributed by atoms with Gasteiger partial charge in [0.1, 0.15) is 11.5 Å². The maximum atomic E-state index is 5.91.